The Bertz CT molecular complexity index is 524. The first-order valence-electron chi connectivity index (χ1n) is 5.65. The highest BCUT2D eigenvalue weighted by Gasteiger charge is 1.97. The summed E-state index contributed by atoms with van der Waals surface area (Å²) in [6.45, 7) is 4.13. The predicted octanol–water partition coefficient (Wildman–Crippen LogP) is 0.622. The molecule has 0 unspecified atom stereocenters. The standard InChI is InChI=1S/C14H15N3O2/c1-2-9-16-14(19)17-10-3-4-11-5-7-12(8-6-11)13(15)18/h2,5-8H,1,9-10H2,(H2,15,18)(H2,16,17,19). The molecule has 3 amide bonds. The number of rotatable bonds is 4. The first-order valence-corrected chi connectivity index (χ1v) is 5.65. The molecule has 0 radical (unpaired) electrons. The fraction of sp³-hybridized carbons (Fsp3) is 0.143. The Hall–Kier alpha value is -2.74. The maximum absolute atomic E-state index is 11.1. The molecule has 0 aliphatic carbocycles. The first kappa shape index (κ1) is 14.3. The van der Waals surface area contributed by atoms with Crippen LogP contribution in [0.15, 0.2) is 36.9 Å². The zero-order valence-electron chi connectivity index (χ0n) is 10.4. The van der Waals surface area contributed by atoms with Crippen LogP contribution in [0.2, 0.25) is 0 Å². The van der Waals surface area contributed by atoms with Gasteiger partial charge in [-0.15, -0.1) is 6.58 Å². The molecule has 0 saturated carbocycles. The fourth-order valence-corrected chi connectivity index (χ4v) is 1.22. The molecule has 0 aromatic heterocycles. The third kappa shape index (κ3) is 5.41. The number of benzene rings is 1. The molecule has 0 spiro atoms. The molecule has 0 aliphatic heterocycles. The molecule has 0 saturated heterocycles. The van der Waals surface area contributed by atoms with Crippen LogP contribution in [-0.4, -0.2) is 25.0 Å². The van der Waals surface area contributed by atoms with Crippen molar-refractivity contribution in [1.29, 1.82) is 0 Å². The van der Waals surface area contributed by atoms with Gasteiger partial charge < -0.3 is 16.4 Å². The van der Waals surface area contributed by atoms with Crippen LogP contribution in [0.5, 0.6) is 0 Å². The topological polar surface area (TPSA) is 84.2 Å². The summed E-state index contributed by atoms with van der Waals surface area (Å²) in [5.41, 5.74) is 6.31. The van der Waals surface area contributed by atoms with Crippen LogP contribution in [0.1, 0.15) is 15.9 Å². The van der Waals surface area contributed by atoms with Crippen LogP contribution >= 0.6 is 0 Å². The highest BCUT2D eigenvalue weighted by atomic mass is 16.2. The van der Waals surface area contributed by atoms with Crippen molar-refractivity contribution in [2.24, 2.45) is 5.73 Å². The van der Waals surface area contributed by atoms with Gasteiger partial charge in [0.2, 0.25) is 5.91 Å². The number of carbonyl (C=O) groups is 2. The Kier molecular flexibility index (Phi) is 5.70. The van der Waals surface area contributed by atoms with Gasteiger partial charge in [0, 0.05) is 17.7 Å². The van der Waals surface area contributed by atoms with Crippen molar-refractivity contribution in [3.05, 3.63) is 48.0 Å². The van der Waals surface area contributed by atoms with E-state index in [4.69, 9.17) is 5.73 Å². The van der Waals surface area contributed by atoms with E-state index in [-0.39, 0.29) is 12.6 Å². The number of primary amides is 1. The lowest BCUT2D eigenvalue weighted by molar-refractivity contribution is 0.100. The maximum atomic E-state index is 11.1. The Morgan fingerprint density at radius 1 is 1.26 bits per heavy atom. The van der Waals surface area contributed by atoms with E-state index < -0.39 is 5.91 Å². The lowest BCUT2D eigenvalue weighted by Crippen LogP contribution is -2.35. The Balaban J connectivity index is 2.43. The number of carbonyl (C=O) groups excluding carboxylic acids is 2. The molecular formula is C14H15N3O2. The molecule has 0 fully saturated rings. The highest BCUT2D eigenvalue weighted by molar-refractivity contribution is 5.92. The third-order valence-electron chi connectivity index (χ3n) is 2.15. The van der Waals surface area contributed by atoms with E-state index >= 15 is 0 Å². The van der Waals surface area contributed by atoms with Crippen molar-refractivity contribution in [2.45, 2.75) is 0 Å². The average molecular weight is 257 g/mol. The van der Waals surface area contributed by atoms with Gasteiger partial charge >= 0.3 is 6.03 Å². The average Bonchev–Trinajstić information content (AvgIpc) is 2.41. The summed E-state index contributed by atoms with van der Waals surface area (Å²) >= 11 is 0. The van der Waals surface area contributed by atoms with Crippen LogP contribution < -0.4 is 16.4 Å². The summed E-state index contributed by atoms with van der Waals surface area (Å²) in [5, 5.41) is 5.14. The van der Waals surface area contributed by atoms with Crippen LogP contribution in [0.25, 0.3) is 0 Å². The second-order valence-electron chi connectivity index (χ2n) is 3.60. The van der Waals surface area contributed by atoms with Crippen molar-refractivity contribution in [3.63, 3.8) is 0 Å². The molecule has 4 N–H and O–H groups in total. The summed E-state index contributed by atoms with van der Waals surface area (Å²) in [5.74, 6) is 5.18. The van der Waals surface area contributed by atoms with Gasteiger partial charge in [-0.25, -0.2) is 4.79 Å². The molecule has 1 rings (SSSR count). The van der Waals surface area contributed by atoms with E-state index in [2.05, 4.69) is 29.1 Å². The maximum Gasteiger partial charge on any atom is 0.315 e. The van der Waals surface area contributed by atoms with E-state index in [1.165, 1.54) is 0 Å². The summed E-state index contributed by atoms with van der Waals surface area (Å²) in [6.07, 6.45) is 1.59. The summed E-state index contributed by atoms with van der Waals surface area (Å²) in [6, 6.07) is 6.32. The molecule has 5 nitrogen and oxygen atoms in total. The number of nitrogens with two attached hydrogens (primary N) is 1. The summed E-state index contributed by atoms with van der Waals surface area (Å²) in [7, 11) is 0. The van der Waals surface area contributed by atoms with Crippen LogP contribution in [-0.2, 0) is 0 Å². The Morgan fingerprint density at radius 3 is 2.53 bits per heavy atom. The molecule has 19 heavy (non-hydrogen) atoms. The van der Waals surface area contributed by atoms with Crippen LogP contribution in [0.3, 0.4) is 0 Å². The van der Waals surface area contributed by atoms with Gasteiger partial charge in [-0.2, -0.15) is 0 Å². The van der Waals surface area contributed by atoms with E-state index in [0.717, 1.165) is 5.56 Å². The van der Waals surface area contributed by atoms with Gasteiger partial charge in [0.25, 0.3) is 0 Å². The SMILES string of the molecule is C=CCNC(=O)NCC#Cc1ccc(C(N)=O)cc1. The smallest absolute Gasteiger partial charge is 0.315 e. The minimum atomic E-state index is -0.472. The van der Waals surface area contributed by atoms with Crippen molar-refractivity contribution in [3.8, 4) is 11.8 Å². The Labute approximate surface area is 111 Å². The molecule has 0 aliphatic rings. The minimum Gasteiger partial charge on any atom is -0.366 e. The molecular weight excluding hydrogens is 242 g/mol. The second-order valence-corrected chi connectivity index (χ2v) is 3.60. The van der Waals surface area contributed by atoms with Gasteiger partial charge in [0.05, 0.1) is 6.54 Å². The predicted molar refractivity (Wildman–Crippen MR) is 73.4 cm³/mol. The lowest BCUT2D eigenvalue weighted by Gasteiger charge is -2.00. The number of amides is 3. The molecule has 5 heteroatoms. The van der Waals surface area contributed by atoms with Gasteiger partial charge in [-0.1, -0.05) is 17.9 Å². The van der Waals surface area contributed by atoms with E-state index in [1.54, 1.807) is 30.3 Å². The van der Waals surface area contributed by atoms with Crippen molar-refractivity contribution in [1.82, 2.24) is 10.6 Å². The first-order chi connectivity index (χ1) is 9.13. The van der Waals surface area contributed by atoms with Crippen molar-refractivity contribution >= 4 is 11.9 Å². The molecule has 0 bridgehead atoms. The van der Waals surface area contributed by atoms with Crippen molar-refractivity contribution < 1.29 is 9.59 Å². The van der Waals surface area contributed by atoms with Crippen LogP contribution in [0.4, 0.5) is 4.79 Å². The van der Waals surface area contributed by atoms with Crippen molar-refractivity contribution in [2.75, 3.05) is 13.1 Å². The normalized spacial score (nSPS) is 8.84. The summed E-state index contributed by atoms with van der Waals surface area (Å²) < 4.78 is 0. The number of urea groups is 1. The third-order valence-corrected chi connectivity index (χ3v) is 2.15. The molecule has 1 aromatic rings. The zero-order valence-corrected chi connectivity index (χ0v) is 10.4. The molecule has 1 aromatic carbocycles. The zero-order chi connectivity index (χ0) is 14.1. The molecule has 98 valence electrons. The van der Waals surface area contributed by atoms with E-state index in [9.17, 15) is 9.59 Å². The number of hydrogen-bond acceptors (Lipinski definition) is 2. The minimum absolute atomic E-state index is 0.237. The fourth-order valence-electron chi connectivity index (χ4n) is 1.22. The van der Waals surface area contributed by atoms with E-state index in [1.807, 2.05) is 0 Å². The number of nitrogens with one attached hydrogen (secondary N) is 2. The van der Waals surface area contributed by atoms with Gasteiger partial charge in [0.1, 0.15) is 0 Å². The summed E-state index contributed by atoms with van der Waals surface area (Å²) in [4.78, 5) is 22.0. The number of hydrogen-bond donors (Lipinski definition) is 3. The largest absolute Gasteiger partial charge is 0.366 e. The van der Waals surface area contributed by atoms with Gasteiger partial charge in [-0.05, 0) is 24.3 Å². The van der Waals surface area contributed by atoms with Gasteiger partial charge in [-0.3, -0.25) is 4.79 Å². The molecule has 0 heterocycles. The van der Waals surface area contributed by atoms with Gasteiger partial charge in [0.15, 0.2) is 0 Å². The highest BCUT2D eigenvalue weighted by Crippen LogP contribution is 2.01. The van der Waals surface area contributed by atoms with Crippen LogP contribution in [0, 0.1) is 11.8 Å². The quantitative estimate of drug-likeness (QED) is 0.546. The Morgan fingerprint density at radius 2 is 1.95 bits per heavy atom. The second kappa shape index (κ2) is 7.56. The molecule has 0 atom stereocenters. The lowest BCUT2D eigenvalue weighted by atomic mass is 10.1. The van der Waals surface area contributed by atoms with E-state index in [0.29, 0.717) is 12.1 Å². The monoisotopic (exact) mass is 257 g/mol.